The predicted molar refractivity (Wildman–Crippen MR) is 126 cm³/mol. The molecule has 2 aromatic carbocycles. The van der Waals surface area contributed by atoms with Crippen LogP contribution in [0.15, 0.2) is 65.5 Å². The normalized spacial score (nSPS) is 18.7. The highest BCUT2D eigenvalue weighted by Crippen LogP contribution is 2.25. The van der Waals surface area contributed by atoms with E-state index in [4.69, 9.17) is 9.97 Å². The highest BCUT2D eigenvalue weighted by molar-refractivity contribution is 5.78. The minimum absolute atomic E-state index is 0.112. The minimum Gasteiger partial charge on any atom is -0.391 e. The summed E-state index contributed by atoms with van der Waals surface area (Å²) in [6.45, 7) is 0.520. The van der Waals surface area contributed by atoms with Crippen LogP contribution in [0.25, 0.3) is 22.6 Å². The third-order valence-corrected chi connectivity index (χ3v) is 6.25. The van der Waals surface area contributed by atoms with Gasteiger partial charge in [-0.1, -0.05) is 73.5 Å². The number of fused-ring (bicyclic) bond motifs is 1. The fourth-order valence-electron chi connectivity index (χ4n) is 4.46. The zero-order valence-corrected chi connectivity index (χ0v) is 18.1. The van der Waals surface area contributed by atoms with Crippen LogP contribution in [0.1, 0.15) is 31.2 Å². The van der Waals surface area contributed by atoms with Gasteiger partial charge in [-0.2, -0.15) is 4.98 Å². The van der Waals surface area contributed by atoms with Crippen molar-refractivity contribution in [3.63, 3.8) is 0 Å². The summed E-state index contributed by atoms with van der Waals surface area (Å²) >= 11 is 0. The van der Waals surface area contributed by atoms with E-state index in [1.165, 1.54) is 4.57 Å². The number of aliphatic hydroxyl groups excluding tert-OH is 1. The molecule has 7 heteroatoms. The van der Waals surface area contributed by atoms with Crippen LogP contribution in [-0.2, 0) is 13.6 Å². The molecule has 1 aliphatic carbocycles. The molecule has 0 bridgehead atoms. The molecule has 1 aliphatic rings. The van der Waals surface area contributed by atoms with Gasteiger partial charge < -0.3 is 15.0 Å². The lowest BCUT2D eigenvalue weighted by molar-refractivity contribution is 0.116. The molecular weight excluding hydrogens is 402 g/mol. The number of benzene rings is 2. The number of aliphatic hydroxyl groups is 1. The molecule has 1 saturated carbocycles. The van der Waals surface area contributed by atoms with Crippen LogP contribution in [0.5, 0.6) is 0 Å². The van der Waals surface area contributed by atoms with Crippen LogP contribution in [0.4, 0.5) is 5.95 Å². The van der Waals surface area contributed by atoms with Gasteiger partial charge in [0.15, 0.2) is 11.2 Å². The Balaban J connectivity index is 1.65. The molecule has 164 valence electrons. The number of nitrogens with one attached hydrogen (secondary N) is 1. The third kappa shape index (κ3) is 3.80. The van der Waals surface area contributed by atoms with Gasteiger partial charge >= 0.3 is 0 Å². The molecule has 4 aromatic rings. The number of hydrogen-bond donors (Lipinski definition) is 2. The molecule has 2 aromatic heterocycles. The first-order chi connectivity index (χ1) is 15.6. The second-order valence-corrected chi connectivity index (χ2v) is 8.45. The second kappa shape index (κ2) is 8.59. The molecule has 32 heavy (non-hydrogen) atoms. The molecular formula is C25H27N5O2. The Morgan fingerprint density at radius 3 is 2.41 bits per heavy atom. The van der Waals surface area contributed by atoms with Crippen LogP contribution in [0.3, 0.4) is 0 Å². The molecule has 2 N–H and O–H groups in total. The van der Waals surface area contributed by atoms with E-state index >= 15 is 0 Å². The van der Waals surface area contributed by atoms with Gasteiger partial charge in [0.2, 0.25) is 5.95 Å². The van der Waals surface area contributed by atoms with Crippen molar-refractivity contribution in [1.82, 2.24) is 19.1 Å². The summed E-state index contributed by atoms with van der Waals surface area (Å²) in [5.41, 5.74) is 2.74. The lowest BCUT2D eigenvalue weighted by atomic mass is 9.93. The van der Waals surface area contributed by atoms with E-state index in [1.807, 2.05) is 65.2 Å². The molecule has 2 atom stereocenters. The van der Waals surface area contributed by atoms with Gasteiger partial charge in [0.05, 0.1) is 12.1 Å². The maximum absolute atomic E-state index is 13.5. The molecule has 5 rings (SSSR count). The van der Waals surface area contributed by atoms with Crippen molar-refractivity contribution in [2.24, 2.45) is 7.05 Å². The van der Waals surface area contributed by atoms with E-state index < -0.39 is 6.10 Å². The first-order valence-electron chi connectivity index (χ1n) is 11.1. The second-order valence-electron chi connectivity index (χ2n) is 8.45. The quantitative estimate of drug-likeness (QED) is 0.507. The van der Waals surface area contributed by atoms with Crippen molar-refractivity contribution in [2.45, 2.75) is 44.4 Å². The average molecular weight is 430 g/mol. The van der Waals surface area contributed by atoms with E-state index in [1.54, 1.807) is 7.05 Å². The molecule has 0 radical (unpaired) electrons. The summed E-state index contributed by atoms with van der Waals surface area (Å²) in [6, 6.07) is 19.8. The first kappa shape index (κ1) is 20.5. The van der Waals surface area contributed by atoms with Crippen LogP contribution in [-0.4, -0.2) is 36.4 Å². The third-order valence-electron chi connectivity index (χ3n) is 6.25. The fourth-order valence-corrected chi connectivity index (χ4v) is 4.46. The summed E-state index contributed by atoms with van der Waals surface area (Å²) in [4.78, 5) is 23.0. The molecule has 0 aliphatic heterocycles. The van der Waals surface area contributed by atoms with Crippen molar-refractivity contribution >= 4 is 17.1 Å². The van der Waals surface area contributed by atoms with Crippen LogP contribution >= 0.6 is 0 Å². The smallest absolute Gasteiger partial charge is 0.280 e. The maximum atomic E-state index is 13.5. The van der Waals surface area contributed by atoms with Gasteiger partial charge in [-0.15, -0.1) is 0 Å². The van der Waals surface area contributed by atoms with Crippen molar-refractivity contribution < 1.29 is 5.11 Å². The van der Waals surface area contributed by atoms with E-state index in [-0.39, 0.29) is 11.6 Å². The standard InChI is InChI=1S/C25H27N5O2/c1-29-24(32)21-22(28-25(29)26-19-14-8-9-15-20(19)31)27-23(18-12-6-3-7-13-18)30(21)16-17-10-4-2-5-11-17/h2-7,10-13,19-20,31H,8-9,14-16H2,1H3,(H,26,28)/t19-,20-/m1/s1. The van der Waals surface area contributed by atoms with Crippen LogP contribution in [0.2, 0.25) is 0 Å². The van der Waals surface area contributed by atoms with Crippen molar-refractivity contribution in [3.05, 3.63) is 76.6 Å². The number of imidazole rings is 1. The highest BCUT2D eigenvalue weighted by atomic mass is 16.3. The molecule has 0 saturated heterocycles. The van der Waals surface area contributed by atoms with E-state index in [0.717, 1.165) is 36.8 Å². The SMILES string of the molecule is Cn1c(N[C@@H]2CCCC[C@H]2O)nc2nc(-c3ccccc3)n(Cc3ccccc3)c2c1=O. The number of rotatable bonds is 5. The zero-order chi connectivity index (χ0) is 22.1. The topological polar surface area (TPSA) is 85.0 Å². The van der Waals surface area contributed by atoms with Gasteiger partial charge in [-0.25, -0.2) is 4.98 Å². The van der Waals surface area contributed by atoms with E-state index in [9.17, 15) is 9.90 Å². The Kier molecular flexibility index (Phi) is 5.49. The molecule has 0 spiro atoms. The minimum atomic E-state index is -0.438. The summed E-state index contributed by atoms with van der Waals surface area (Å²) in [5, 5.41) is 13.7. The Morgan fingerprint density at radius 1 is 1.00 bits per heavy atom. The monoisotopic (exact) mass is 429 g/mol. The largest absolute Gasteiger partial charge is 0.391 e. The Hall–Kier alpha value is -3.45. The van der Waals surface area contributed by atoms with Crippen molar-refractivity contribution in [2.75, 3.05) is 5.32 Å². The fraction of sp³-hybridized carbons (Fsp3) is 0.320. The molecule has 7 nitrogen and oxygen atoms in total. The van der Waals surface area contributed by atoms with Gasteiger partial charge in [-0.05, 0) is 18.4 Å². The summed E-state index contributed by atoms with van der Waals surface area (Å²) < 4.78 is 3.48. The maximum Gasteiger partial charge on any atom is 0.280 e. The summed E-state index contributed by atoms with van der Waals surface area (Å²) in [7, 11) is 1.72. The average Bonchev–Trinajstić information content (AvgIpc) is 3.18. The van der Waals surface area contributed by atoms with E-state index in [0.29, 0.717) is 29.5 Å². The van der Waals surface area contributed by atoms with Gasteiger partial charge in [0.25, 0.3) is 5.56 Å². The molecule has 0 amide bonds. The van der Waals surface area contributed by atoms with E-state index in [2.05, 4.69) is 5.32 Å². The Bertz CT molecular complexity index is 1280. The lowest BCUT2D eigenvalue weighted by Gasteiger charge is -2.29. The molecule has 0 unspecified atom stereocenters. The Labute approximate surface area is 186 Å². The number of aromatic nitrogens is 4. The van der Waals surface area contributed by atoms with Gasteiger partial charge in [0, 0.05) is 19.2 Å². The van der Waals surface area contributed by atoms with Crippen molar-refractivity contribution in [1.29, 1.82) is 0 Å². The van der Waals surface area contributed by atoms with Crippen molar-refractivity contribution in [3.8, 4) is 11.4 Å². The number of anilines is 1. The van der Waals surface area contributed by atoms with Gasteiger partial charge in [-0.3, -0.25) is 9.36 Å². The lowest BCUT2D eigenvalue weighted by Crippen LogP contribution is -2.38. The molecule has 1 fully saturated rings. The zero-order valence-electron chi connectivity index (χ0n) is 18.1. The molecule has 2 heterocycles. The predicted octanol–water partition coefficient (Wildman–Crippen LogP) is 3.56. The first-order valence-corrected chi connectivity index (χ1v) is 11.1. The number of nitrogens with zero attached hydrogens (tertiary/aromatic N) is 4. The van der Waals surface area contributed by atoms with Gasteiger partial charge in [0.1, 0.15) is 5.82 Å². The number of hydrogen-bond acceptors (Lipinski definition) is 5. The van der Waals surface area contributed by atoms with Crippen LogP contribution < -0.4 is 10.9 Å². The summed E-state index contributed by atoms with van der Waals surface area (Å²) in [6.07, 6.45) is 3.25. The summed E-state index contributed by atoms with van der Waals surface area (Å²) in [5.74, 6) is 1.15. The Morgan fingerprint density at radius 2 is 1.69 bits per heavy atom. The highest BCUT2D eigenvalue weighted by Gasteiger charge is 2.25. The van der Waals surface area contributed by atoms with Crippen LogP contribution in [0, 0.1) is 0 Å².